The summed E-state index contributed by atoms with van der Waals surface area (Å²) in [6.07, 6.45) is 6.51. The first kappa shape index (κ1) is 21.6. The lowest BCUT2D eigenvalue weighted by Crippen LogP contribution is -2.23. The number of halogens is 1. The summed E-state index contributed by atoms with van der Waals surface area (Å²) in [5.74, 6) is 0.119. The summed E-state index contributed by atoms with van der Waals surface area (Å²) in [5.41, 5.74) is 4.30. The van der Waals surface area contributed by atoms with Crippen LogP contribution in [0.3, 0.4) is 0 Å². The average molecular weight is 439 g/mol. The molecule has 1 heterocycles. The van der Waals surface area contributed by atoms with E-state index in [0.717, 1.165) is 59.6 Å². The molecule has 5 nitrogen and oxygen atoms in total. The minimum Gasteiger partial charge on any atom is -0.480 e. The van der Waals surface area contributed by atoms with Gasteiger partial charge < -0.3 is 9.84 Å². The van der Waals surface area contributed by atoms with Crippen molar-refractivity contribution < 1.29 is 14.6 Å². The molecule has 1 N–H and O–H groups in total. The van der Waals surface area contributed by atoms with Crippen molar-refractivity contribution in [3.63, 3.8) is 0 Å². The van der Waals surface area contributed by atoms with Crippen molar-refractivity contribution in [2.24, 2.45) is 11.8 Å². The van der Waals surface area contributed by atoms with Gasteiger partial charge in [-0.3, -0.25) is 4.68 Å². The Morgan fingerprint density at radius 3 is 2.35 bits per heavy atom. The number of hydrogen-bond donors (Lipinski definition) is 1. The standard InChI is InChI=1S/C25H27ClN2O3/c26-22-12-10-20(11-13-22)23-15-28(27-25(23)21-4-2-1-3-5-21)14-18-6-8-19(9-7-18)16-31-17-24(29)30/h1-5,10-13,15,18-19H,6-9,14,16-17H2,(H,29,30)/t18-,19+. The third kappa shape index (κ3) is 5.75. The molecule has 1 aliphatic rings. The Labute approximate surface area is 187 Å². The Bertz CT molecular complexity index is 993. The molecule has 2 aromatic carbocycles. The molecule has 0 saturated heterocycles. The molecule has 1 saturated carbocycles. The fourth-order valence-corrected chi connectivity index (χ4v) is 4.45. The molecule has 3 aromatic rings. The van der Waals surface area contributed by atoms with E-state index in [-0.39, 0.29) is 6.61 Å². The fraction of sp³-hybridized carbons (Fsp3) is 0.360. The summed E-state index contributed by atoms with van der Waals surface area (Å²) in [5, 5.41) is 14.4. The molecule has 1 aliphatic carbocycles. The summed E-state index contributed by atoms with van der Waals surface area (Å²) < 4.78 is 7.37. The first-order valence-corrected chi connectivity index (χ1v) is 11.1. The van der Waals surface area contributed by atoms with Crippen molar-refractivity contribution >= 4 is 17.6 Å². The van der Waals surface area contributed by atoms with E-state index >= 15 is 0 Å². The zero-order chi connectivity index (χ0) is 21.6. The Balaban J connectivity index is 1.46. The second-order valence-corrected chi connectivity index (χ2v) is 8.72. The van der Waals surface area contributed by atoms with Crippen molar-refractivity contribution in [2.45, 2.75) is 32.2 Å². The van der Waals surface area contributed by atoms with Crippen molar-refractivity contribution in [1.82, 2.24) is 9.78 Å². The van der Waals surface area contributed by atoms with Crippen LogP contribution in [0.25, 0.3) is 22.4 Å². The van der Waals surface area contributed by atoms with Crippen LogP contribution in [0.5, 0.6) is 0 Å². The first-order valence-electron chi connectivity index (χ1n) is 10.8. The number of benzene rings is 2. The van der Waals surface area contributed by atoms with Crippen LogP contribution < -0.4 is 0 Å². The summed E-state index contributed by atoms with van der Waals surface area (Å²) in [6, 6.07) is 18.2. The van der Waals surface area contributed by atoms with E-state index in [1.807, 2.05) is 42.5 Å². The van der Waals surface area contributed by atoms with Crippen LogP contribution in [0.1, 0.15) is 25.7 Å². The Morgan fingerprint density at radius 2 is 1.68 bits per heavy atom. The number of carboxylic acid groups (broad SMARTS) is 1. The van der Waals surface area contributed by atoms with Gasteiger partial charge in [0.1, 0.15) is 12.3 Å². The van der Waals surface area contributed by atoms with Gasteiger partial charge in [-0.15, -0.1) is 0 Å². The smallest absolute Gasteiger partial charge is 0.329 e. The highest BCUT2D eigenvalue weighted by Gasteiger charge is 2.23. The topological polar surface area (TPSA) is 64.3 Å². The maximum Gasteiger partial charge on any atom is 0.329 e. The predicted molar refractivity (Wildman–Crippen MR) is 122 cm³/mol. The fourth-order valence-electron chi connectivity index (χ4n) is 4.32. The molecule has 6 heteroatoms. The van der Waals surface area contributed by atoms with E-state index in [4.69, 9.17) is 26.5 Å². The number of nitrogens with zero attached hydrogens (tertiary/aromatic N) is 2. The third-order valence-corrected chi connectivity index (χ3v) is 6.21. The minimum absolute atomic E-state index is 0.205. The molecule has 4 rings (SSSR count). The lowest BCUT2D eigenvalue weighted by Gasteiger charge is -2.28. The number of carbonyl (C=O) groups is 1. The number of aliphatic carboxylic acids is 1. The van der Waals surface area contributed by atoms with Crippen LogP contribution in [0.15, 0.2) is 60.8 Å². The molecule has 0 atom stereocenters. The van der Waals surface area contributed by atoms with Crippen molar-refractivity contribution in [1.29, 1.82) is 0 Å². The van der Waals surface area contributed by atoms with Crippen LogP contribution >= 0.6 is 11.6 Å². The zero-order valence-corrected chi connectivity index (χ0v) is 18.2. The van der Waals surface area contributed by atoms with Gasteiger partial charge in [0.25, 0.3) is 0 Å². The van der Waals surface area contributed by atoms with Gasteiger partial charge in [-0.1, -0.05) is 54.1 Å². The van der Waals surface area contributed by atoms with E-state index in [0.29, 0.717) is 18.4 Å². The molecule has 0 aliphatic heterocycles. The van der Waals surface area contributed by atoms with Gasteiger partial charge in [0.15, 0.2) is 0 Å². The maximum atomic E-state index is 10.6. The van der Waals surface area contributed by atoms with E-state index in [2.05, 4.69) is 23.0 Å². The van der Waals surface area contributed by atoms with Crippen LogP contribution in [-0.4, -0.2) is 34.1 Å². The van der Waals surface area contributed by atoms with E-state index < -0.39 is 5.97 Å². The molecule has 0 spiro atoms. The second-order valence-electron chi connectivity index (χ2n) is 8.28. The molecule has 0 bridgehead atoms. The highest BCUT2D eigenvalue weighted by Crippen LogP contribution is 2.34. The quantitative estimate of drug-likeness (QED) is 0.484. The van der Waals surface area contributed by atoms with Crippen molar-refractivity contribution in [2.75, 3.05) is 13.2 Å². The molecule has 0 amide bonds. The summed E-state index contributed by atoms with van der Waals surface area (Å²) in [4.78, 5) is 10.6. The number of carboxylic acids is 1. The summed E-state index contributed by atoms with van der Waals surface area (Å²) >= 11 is 6.09. The minimum atomic E-state index is -0.905. The molecule has 162 valence electrons. The van der Waals surface area contributed by atoms with Gasteiger partial charge in [0.2, 0.25) is 0 Å². The molecule has 0 radical (unpaired) electrons. The number of ether oxygens (including phenoxy) is 1. The Kier molecular flexibility index (Phi) is 7.05. The van der Waals surface area contributed by atoms with Crippen LogP contribution in [-0.2, 0) is 16.1 Å². The molecule has 1 aromatic heterocycles. The SMILES string of the molecule is O=C(O)COC[C@H]1CC[C@@H](Cn2cc(-c3ccc(Cl)cc3)c(-c3ccccc3)n2)CC1. The number of rotatable bonds is 8. The van der Waals surface area contributed by atoms with Gasteiger partial charge in [0.05, 0.1) is 6.61 Å². The molecule has 31 heavy (non-hydrogen) atoms. The molecule has 0 unspecified atom stereocenters. The monoisotopic (exact) mass is 438 g/mol. The van der Waals surface area contributed by atoms with Crippen LogP contribution in [0, 0.1) is 11.8 Å². The van der Waals surface area contributed by atoms with E-state index in [1.165, 1.54) is 0 Å². The van der Waals surface area contributed by atoms with Crippen molar-refractivity contribution in [3.05, 3.63) is 65.8 Å². The van der Waals surface area contributed by atoms with E-state index in [9.17, 15) is 4.79 Å². The van der Waals surface area contributed by atoms with E-state index in [1.54, 1.807) is 0 Å². The molecular weight excluding hydrogens is 412 g/mol. The highest BCUT2D eigenvalue weighted by atomic mass is 35.5. The van der Waals surface area contributed by atoms with Gasteiger partial charge >= 0.3 is 5.97 Å². The predicted octanol–water partition coefficient (Wildman–Crippen LogP) is 5.78. The van der Waals surface area contributed by atoms with Gasteiger partial charge in [-0.2, -0.15) is 5.10 Å². The average Bonchev–Trinajstić information content (AvgIpc) is 3.19. The normalized spacial score (nSPS) is 18.7. The Morgan fingerprint density at radius 1 is 1.00 bits per heavy atom. The lowest BCUT2D eigenvalue weighted by atomic mass is 9.82. The lowest BCUT2D eigenvalue weighted by molar-refractivity contribution is -0.142. The van der Waals surface area contributed by atoms with Crippen molar-refractivity contribution in [3.8, 4) is 22.4 Å². The van der Waals surface area contributed by atoms with Crippen LogP contribution in [0.2, 0.25) is 5.02 Å². The molecule has 1 fully saturated rings. The van der Waals surface area contributed by atoms with Crippen LogP contribution in [0.4, 0.5) is 0 Å². The number of hydrogen-bond acceptors (Lipinski definition) is 3. The maximum absolute atomic E-state index is 10.6. The first-order chi connectivity index (χ1) is 15.1. The highest BCUT2D eigenvalue weighted by molar-refractivity contribution is 6.30. The zero-order valence-electron chi connectivity index (χ0n) is 17.4. The largest absolute Gasteiger partial charge is 0.480 e. The third-order valence-electron chi connectivity index (χ3n) is 5.95. The second kappa shape index (κ2) is 10.1. The van der Waals surface area contributed by atoms with Gasteiger partial charge in [-0.05, 0) is 55.2 Å². The summed E-state index contributed by atoms with van der Waals surface area (Å²) in [6.45, 7) is 1.22. The number of aromatic nitrogens is 2. The summed E-state index contributed by atoms with van der Waals surface area (Å²) in [7, 11) is 0. The Hall–Kier alpha value is -2.63. The molecular formula is C25H27ClN2O3. The van der Waals surface area contributed by atoms with Gasteiger partial charge in [-0.25, -0.2) is 4.79 Å². The van der Waals surface area contributed by atoms with Gasteiger partial charge in [0, 0.05) is 28.9 Å².